The number of carbonyl (C=O) groups is 1. The fourth-order valence-corrected chi connectivity index (χ4v) is 2.00. The predicted octanol–water partition coefficient (Wildman–Crippen LogP) is -0.0675. The Hall–Kier alpha value is -0.610. The minimum atomic E-state index is -0.0313. The molecule has 0 radical (unpaired) electrons. The van der Waals surface area contributed by atoms with Crippen molar-refractivity contribution in [3.05, 3.63) is 0 Å². The topological polar surface area (TPSA) is 58.4 Å². The Morgan fingerprint density at radius 1 is 1.64 bits per heavy atom. The molecule has 0 saturated carbocycles. The summed E-state index contributed by atoms with van der Waals surface area (Å²) in [6.45, 7) is 7.76. The van der Waals surface area contributed by atoms with E-state index in [0.717, 1.165) is 13.0 Å². The van der Waals surface area contributed by atoms with Crippen LogP contribution in [0.5, 0.6) is 0 Å². The molecule has 0 aromatic heterocycles. The van der Waals surface area contributed by atoms with E-state index >= 15 is 0 Å². The minimum absolute atomic E-state index is 0.0313. The summed E-state index contributed by atoms with van der Waals surface area (Å²) in [4.78, 5) is 13.9. The maximum Gasteiger partial charge on any atom is 0.237 e. The second kappa shape index (κ2) is 4.75. The second-order valence-corrected chi connectivity index (χ2v) is 4.29. The number of nitrogens with one attached hydrogen (secondary N) is 1. The first-order valence-corrected chi connectivity index (χ1v) is 5.32. The van der Waals surface area contributed by atoms with E-state index in [2.05, 4.69) is 24.1 Å². The molecule has 14 heavy (non-hydrogen) atoms. The predicted molar refractivity (Wildman–Crippen MR) is 56.9 cm³/mol. The van der Waals surface area contributed by atoms with E-state index in [4.69, 9.17) is 5.73 Å². The molecule has 1 aliphatic heterocycles. The molecule has 2 atom stereocenters. The van der Waals surface area contributed by atoms with Crippen molar-refractivity contribution in [2.24, 2.45) is 5.73 Å². The van der Waals surface area contributed by atoms with Gasteiger partial charge in [-0.05, 0) is 33.7 Å². The van der Waals surface area contributed by atoms with Gasteiger partial charge in [-0.2, -0.15) is 0 Å². The second-order valence-electron chi connectivity index (χ2n) is 4.29. The van der Waals surface area contributed by atoms with Gasteiger partial charge < -0.3 is 11.1 Å². The molecular weight excluding hydrogens is 178 g/mol. The van der Waals surface area contributed by atoms with Crippen LogP contribution in [0.25, 0.3) is 0 Å². The summed E-state index contributed by atoms with van der Waals surface area (Å²) in [6.07, 6.45) is 0.747. The molecule has 1 amide bonds. The average molecular weight is 199 g/mol. The van der Waals surface area contributed by atoms with Gasteiger partial charge in [-0.3, -0.25) is 9.69 Å². The normalized spacial score (nSPS) is 29.4. The highest BCUT2D eigenvalue weighted by Gasteiger charge is 2.33. The van der Waals surface area contributed by atoms with Gasteiger partial charge in [0.05, 0.1) is 6.04 Å². The Balaban J connectivity index is 2.70. The fraction of sp³-hybridized carbons (Fsp3) is 0.900. The third-order valence-electron chi connectivity index (χ3n) is 2.68. The van der Waals surface area contributed by atoms with Crippen molar-refractivity contribution in [1.29, 1.82) is 0 Å². The molecule has 0 aliphatic carbocycles. The summed E-state index contributed by atoms with van der Waals surface area (Å²) < 4.78 is 0. The Bertz CT molecular complexity index is 206. The van der Waals surface area contributed by atoms with Crippen LogP contribution in [0.4, 0.5) is 0 Å². The van der Waals surface area contributed by atoms with E-state index in [9.17, 15) is 4.79 Å². The van der Waals surface area contributed by atoms with E-state index in [1.807, 2.05) is 6.92 Å². The average Bonchev–Trinajstić information content (AvgIpc) is 2.09. The first kappa shape index (κ1) is 11.5. The Morgan fingerprint density at radius 3 is 2.79 bits per heavy atom. The number of nitrogens with zero attached hydrogens (tertiary/aromatic N) is 1. The van der Waals surface area contributed by atoms with Crippen molar-refractivity contribution >= 4 is 5.91 Å². The molecule has 1 heterocycles. The highest BCUT2D eigenvalue weighted by molar-refractivity contribution is 5.82. The van der Waals surface area contributed by atoms with E-state index in [1.165, 1.54) is 0 Å². The molecule has 0 spiro atoms. The lowest BCUT2D eigenvalue weighted by molar-refractivity contribution is -0.131. The summed E-state index contributed by atoms with van der Waals surface area (Å²) in [7, 11) is 0. The molecule has 1 fully saturated rings. The van der Waals surface area contributed by atoms with Crippen LogP contribution in [-0.2, 0) is 4.79 Å². The number of carbonyl (C=O) groups excluding carboxylic acids is 1. The van der Waals surface area contributed by atoms with Crippen LogP contribution in [0.15, 0.2) is 0 Å². The van der Waals surface area contributed by atoms with Gasteiger partial charge in [0, 0.05) is 18.6 Å². The van der Waals surface area contributed by atoms with Crippen molar-refractivity contribution in [3.8, 4) is 0 Å². The molecule has 0 aromatic rings. The fourth-order valence-electron chi connectivity index (χ4n) is 2.00. The SMILES string of the molecule is CC1CN(C(C)C)C(CCN)C(=O)N1. The van der Waals surface area contributed by atoms with E-state index in [-0.39, 0.29) is 18.0 Å². The van der Waals surface area contributed by atoms with E-state index in [0.29, 0.717) is 12.6 Å². The van der Waals surface area contributed by atoms with Crippen molar-refractivity contribution in [1.82, 2.24) is 10.2 Å². The van der Waals surface area contributed by atoms with Crippen molar-refractivity contribution in [2.75, 3.05) is 13.1 Å². The van der Waals surface area contributed by atoms with Crippen molar-refractivity contribution in [3.63, 3.8) is 0 Å². The monoisotopic (exact) mass is 199 g/mol. The van der Waals surface area contributed by atoms with Crippen molar-refractivity contribution < 1.29 is 4.79 Å². The summed E-state index contributed by atoms with van der Waals surface area (Å²) in [5.74, 6) is 0.128. The summed E-state index contributed by atoms with van der Waals surface area (Å²) in [6, 6.07) is 0.621. The van der Waals surface area contributed by atoms with Crippen LogP contribution in [0.3, 0.4) is 0 Å². The van der Waals surface area contributed by atoms with Gasteiger partial charge in [0.1, 0.15) is 0 Å². The molecule has 1 saturated heterocycles. The lowest BCUT2D eigenvalue weighted by atomic mass is 10.0. The summed E-state index contributed by atoms with van der Waals surface area (Å²) in [5, 5.41) is 2.96. The van der Waals surface area contributed by atoms with Gasteiger partial charge in [-0.15, -0.1) is 0 Å². The zero-order valence-electron chi connectivity index (χ0n) is 9.29. The number of nitrogens with two attached hydrogens (primary N) is 1. The highest BCUT2D eigenvalue weighted by atomic mass is 16.2. The van der Waals surface area contributed by atoms with Gasteiger partial charge in [0.2, 0.25) is 5.91 Å². The molecule has 2 unspecified atom stereocenters. The molecule has 3 N–H and O–H groups in total. The van der Waals surface area contributed by atoms with E-state index < -0.39 is 0 Å². The van der Waals surface area contributed by atoms with Gasteiger partial charge in [0.15, 0.2) is 0 Å². The summed E-state index contributed by atoms with van der Waals surface area (Å²) in [5.41, 5.74) is 5.51. The first-order valence-electron chi connectivity index (χ1n) is 5.32. The number of piperazine rings is 1. The van der Waals surface area contributed by atoms with Crippen LogP contribution < -0.4 is 11.1 Å². The quantitative estimate of drug-likeness (QED) is 0.669. The zero-order chi connectivity index (χ0) is 10.7. The number of hydrogen-bond acceptors (Lipinski definition) is 3. The molecule has 4 heteroatoms. The highest BCUT2D eigenvalue weighted by Crippen LogP contribution is 2.14. The smallest absolute Gasteiger partial charge is 0.237 e. The number of rotatable bonds is 3. The molecule has 4 nitrogen and oxygen atoms in total. The van der Waals surface area contributed by atoms with Crippen LogP contribution in [0.2, 0.25) is 0 Å². The van der Waals surface area contributed by atoms with Gasteiger partial charge in [-0.25, -0.2) is 0 Å². The maximum atomic E-state index is 11.7. The molecule has 1 aliphatic rings. The number of amides is 1. The third-order valence-corrected chi connectivity index (χ3v) is 2.68. The first-order chi connectivity index (χ1) is 6.56. The largest absolute Gasteiger partial charge is 0.351 e. The van der Waals surface area contributed by atoms with Crippen LogP contribution in [0, 0.1) is 0 Å². The van der Waals surface area contributed by atoms with Gasteiger partial charge >= 0.3 is 0 Å². The zero-order valence-corrected chi connectivity index (χ0v) is 9.29. The maximum absolute atomic E-state index is 11.7. The minimum Gasteiger partial charge on any atom is -0.351 e. The van der Waals surface area contributed by atoms with Crippen LogP contribution >= 0.6 is 0 Å². The Morgan fingerprint density at radius 2 is 2.29 bits per heavy atom. The summed E-state index contributed by atoms with van der Waals surface area (Å²) >= 11 is 0. The van der Waals surface area contributed by atoms with Crippen molar-refractivity contribution in [2.45, 2.75) is 45.3 Å². The molecule has 1 rings (SSSR count). The third kappa shape index (κ3) is 2.45. The standard InChI is InChI=1S/C10H21N3O/c1-7(2)13-6-8(3)12-10(14)9(13)4-5-11/h7-9H,4-6,11H2,1-3H3,(H,12,14). The molecular formula is C10H21N3O. The lowest BCUT2D eigenvalue weighted by Crippen LogP contribution is -2.61. The Kier molecular flexibility index (Phi) is 3.89. The van der Waals surface area contributed by atoms with Gasteiger partial charge in [0.25, 0.3) is 0 Å². The molecule has 0 aromatic carbocycles. The van der Waals surface area contributed by atoms with Crippen LogP contribution in [0.1, 0.15) is 27.2 Å². The molecule has 82 valence electrons. The Labute approximate surface area is 85.8 Å². The lowest BCUT2D eigenvalue weighted by Gasteiger charge is -2.40. The van der Waals surface area contributed by atoms with E-state index in [1.54, 1.807) is 0 Å². The molecule has 0 bridgehead atoms. The van der Waals surface area contributed by atoms with Gasteiger partial charge in [-0.1, -0.05) is 0 Å². The van der Waals surface area contributed by atoms with Crippen LogP contribution in [-0.4, -0.2) is 42.0 Å². The number of hydrogen-bond donors (Lipinski definition) is 2.